The van der Waals surface area contributed by atoms with Crippen molar-refractivity contribution in [2.75, 3.05) is 7.11 Å². The number of hydrogen-bond acceptors (Lipinski definition) is 6. The SMILES string of the molecule is COc1ccc(S(=O)(=O)Oc2ccc(C)cc2)c([N+](=O)[O-])c1. The van der Waals surface area contributed by atoms with Crippen molar-refractivity contribution in [1.29, 1.82) is 0 Å². The van der Waals surface area contributed by atoms with Gasteiger partial charge in [-0.1, -0.05) is 17.7 Å². The zero-order valence-corrected chi connectivity index (χ0v) is 12.7. The lowest BCUT2D eigenvalue weighted by Gasteiger charge is -2.08. The molecule has 0 aromatic heterocycles. The molecular formula is C14H13NO6S. The molecule has 0 aliphatic carbocycles. The smallest absolute Gasteiger partial charge is 0.346 e. The van der Waals surface area contributed by atoms with Crippen LogP contribution in [0.25, 0.3) is 0 Å². The first-order valence-electron chi connectivity index (χ1n) is 6.17. The van der Waals surface area contributed by atoms with Crippen LogP contribution in [0.1, 0.15) is 5.56 Å². The highest BCUT2D eigenvalue weighted by Crippen LogP contribution is 2.30. The first-order valence-corrected chi connectivity index (χ1v) is 7.58. The van der Waals surface area contributed by atoms with Crippen LogP contribution >= 0.6 is 0 Å². The molecule has 2 aromatic rings. The van der Waals surface area contributed by atoms with Crippen LogP contribution in [0.5, 0.6) is 11.5 Å². The lowest BCUT2D eigenvalue weighted by Crippen LogP contribution is -2.12. The Morgan fingerprint density at radius 2 is 1.64 bits per heavy atom. The number of nitro benzene ring substituents is 1. The molecule has 0 radical (unpaired) electrons. The van der Waals surface area contributed by atoms with Crippen molar-refractivity contribution in [3.8, 4) is 11.5 Å². The standard InChI is InChI=1S/C14H13NO6S/c1-10-3-5-11(6-4-10)21-22(18,19)14-8-7-12(20-2)9-13(14)15(16)17/h3-9H,1-2H3. The fourth-order valence-electron chi connectivity index (χ4n) is 1.74. The highest BCUT2D eigenvalue weighted by Gasteiger charge is 2.28. The summed E-state index contributed by atoms with van der Waals surface area (Å²) >= 11 is 0. The summed E-state index contributed by atoms with van der Waals surface area (Å²) in [6, 6.07) is 9.73. The largest absolute Gasteiger partial charge is 0.497 e. The molecule has 0 aliphatic rings. The second kappa shape index (κ2) is 6.02. The third kappa shape index (κ3) is 3.34. The van der Waals surface area contributed by atoms with Gasteiger partial charge in [0.25, 0.3) is 5.69 Å². The van der Waals surface area contributed by atoms with Gasteiger partial charge in [0.1, 0.15) is 11.5 Å². The van der Waals surface area contributed by atoms with E-state index in [0.717, 1.165) is 17.7 Å². The summed E-state index contributed by atoms with van der Waals surface area (Å²) in [6.07, 6.45) is 0. The molecule has 116 valence electrons. The third-order valence-corrected chi connectivity index (χ3v) is 4.15. The maximum Gasteiger partial charge on any atom is 0.346 e. The Morgan fingerprint density at radius 1 is 1.05 bits per heavy atom. The van der Waals surface area contributed by atoms with E-state index in [9.17, 15) is 18.5 Å². The maximum atomic E-state index is 12.2. The van der Waals surface area contributed by atoms with Gasteiger partial charge in [0, 0.05) is 0 Å². The fraction of sp³-hybridized carbons (Fsp3) is 0.143. The third-order valence-electron chi connectivity index (χ3n) is 2.86. The minimum absolute atomic E-state index is 0.0794. The maximum absolute atomic E-state index is 12.2. The normalized spacial score (nSPS) is 11.0. The van der Waals surface area contributed by atoms with Crippen LogP contribution in [0.4, 0.5) is 5.69 Å². The lowest BCUT2D eigenvalue weighted by molar-refractivity contribution is -0.388. The molecule has 0 saturated heterocycles. The molecule has 0 amide bonds. The number of nitrogens with zero attached hydrogens (tertiary/aromatic N) is 1. The van der Waals surface area contributed by atoms with Crippen LogP contribution < -0.4 is 8.92 Å². The Balaban J connectivity index is 2.44. The van der Waals surface area contributed by atoms with Crippen molar-refractivity contribution < 1.29 is 22.3 Å². The summed E-state index contributed by atoms with van der Waals surface area (Å²) in [6.45, 7) is 1.84. The van der Waals surface area contributed by atoms with Crippen molar-refractivity contribution in [3.05, 3.63) is 58.1 Å². The van der Waals surface area contributed by atoms with Gasteiger partial charge in [-0.25, -0.2) is 0 Å². The summed E-state index contributed by atoms with van der Waals surface area (Å²) in [5.41, 5.74) is 0.326. The zero-order valence-electron chi connectivity index (χ0n) is 11.8. The number of methoxy groups -OCH3 is 1. The second-order valence-electron chi connectivity index (χ2n) is 4.44. The van der Waals surface area contributed by atoms with Crippen molar-refractivity contribution in [1.82, 2.24) is 0 Å². The molecule has 0 saturated carbocycles. The zero-order chi connectivity index (χ0) is 16.3. The van der Waals surface area contributed by atoms with Gasteiger partial charge in [-0.3, -0.25) is 10.1 Å². The highest BCUT2D eigenvalue weighted by atomic mass is 32.2. The number of hydrogen-bond donors (Lipinski definition) is 0. The molecular weight excluding hydrogens is 310 g/mol. The number of nitro groups is 1. The summed E-state index contributed by atoms with van der Waals surface area (Å²) in [5.74, 6) is 0.261. The van der Waals surface area contributed by atoms with E-state index < -0.39 is 25.6 Å². The van der Waals surface area contributed by atoms with Crippen LogP contribution in [0.2, 0.25) is 0 Å². The van der Waals surface area contributed by atoms with E-state index in [1.165, 1.54) is 25.3 Å². The van der Waals surface area contributed by atoms with Crippen LogP contribution in [-0.2, 0) is 10.1 Å². The van der Waals surface area contributed by atoms with E-state index in [1.54, 1.807) is 12.1 Å². The molecule has 0 bridgehead atoms. The van der Waals surface area contributed by atoms with Crippen molar-refractivity contribution >= 4 is 15.8 Å². The van der Waals surface area contributed by atoms with Gasteiger partial charge in [-0.15, -0.1) is 0 Å². The molecule has 8 heteroatoms. The summed E-state index contributed by atoms with van der Waals surface area (Å²) in [5, 5.41) is 11.1. The second-order valence-corrected chi connectivity index (χ2v) is 5.96. The van der Waals surface area contributed by atoms with Crippen LogP contribution in [0.3, 0.4) is 0 Å². The van der Waals surface area contributed by atoms with Gasteiger partial charge >= 0.3 is 10.1 Å². The first kappa shape index (κ1) is 15.8. The van der Waals surface area contributed by atoms with Crippen LogP contribution in [0, 0.1) is 17.0 Å². The molecule has 0 heterocycles. The minimum Gasteiger partial charge on any atom is -0.497 e. The van der Waals surface area contributed by atoms with Gasteiger partial charge in [0.05, 0.1) is 18.1 Å². The Bertz CT molecular complexity index is 799. The molecule has 0 fully saturated rings. The number of rotatable bonds is 5. The topological polar surface area (TPSA) is 95.7 Å². The molecule has 0 N–H and O–H groups in total. The molecule has 2 aromatic carbocycles. The number of benzene rings is 2. The number of ether oxygens (including phenoxy) is 1. The monoisotopic (exact) mass is 323 g/mol. The Hall–Kier alpha value is -2.61. The van der Waals surface area contributed by atoms with Crippen molar-refractivity contribution in [2.45, 2.75) is 11.8 Å². The molecule has 0 spiro atoms. The van der Waals surface area contributed by atoms with Crippen LogP contribution in [-0.4, -0.2) is 20.5 Å². The lowest BCUT2D eigenvalue weighted by atomic mass is 10.2. The number of aryl methyl sites for hydroxylation is 1. The summed E-state index contributed by atoms with van der Waals surface area (Å²) in [7, 11) is -2.99. The molecule has 0 atom stereocenters. The van der Waals surface area contributed by atoms with Crippen molar-refractivity contribution in [2.24, 2.45) is 0 Å². The van der Waals surface area contributed by atoms with Crippen LogP contribution in [0.15, 0.2) is 47.4 Å². The summed E-state index contributed by atoms with van der Waals surface area (Å²) < 4.78 is 34.3. The Morgan fingerprint density at radius 3 is 2.18 bits per heavy atom. The Labute approximate surface area is 127 Å². The molecule has 0 unspecified atom stereocenters. The van der Waals surface area contributed by atoms with Gasteiger partial charge in [0.2, 0.25) is 0 Å². The summed E-state index contributed by atoms with van der Waals surface area (Å²) in [4.78, 5) is 9.74. The highest BCUT2D eigenvalue weighted by molar-refractivity contribution is 7.87. The van der Waals surface area contributed by atoms with Gasteiger partial charge in [-0.2, -0.15) is 8.42 Å². The average molecular weight is 323 g/mol. The van der Waals surface area contributed by atoms with Crippen molar-refractivity contribution in [3.63, 3.8) is 0 Å². The van der Waals surface area contributed by atoms with E-state index in [1.807, 2.05) is 6.92 Å². The fourth-order valence-corrected chi connectivity index (χ4v) is 2.82. The average Bonchev–Trinajstić information content (AvgIpc) is 2.48. The van der Waals surface area contributed by atoms with Gasteiger partial charge in [-0.05, 0) is 31.2 Å². The van der Waals surface area contributed by atoms with E-state index in [4.69, 9.17) is 8.92 Å². The van der Waals surface area contributed by atoms with E-state index in [-0.39, 0.29) is 11.5 Å². The predicted octanol–water partition coefficient (Wildman–Crippen LogP) is 2.68. The van der Waals surface area contributed by atoms with E-state index in [2.05, 4.69) is 0 Å². The molecule has 2 rings (SSSR count). The van der Waals surface area contributed by atoms with Gasteiger partial charge < -0.3 is 8.92 Å². The molecule has 22 heavy (non-hydrogen) atoms. The van der Waals surface area contributed by atoms with E-state index in [0.29, 0.717) is 0 Å². The molecule has 7 nitrogen and oxygen atoms in total. The predicted molar refractivity (Wildman–Crippen MR) is 78.6 cm³/mol. The Kier molecular flexibility index (Phi) is 4.32. The minimum atomic E-state index is -4.32. The van der Waals surface area contributed by atoms with E-state index >= 15 is 0 Å². The molecule has 0 aliphatic heterocycles. The first-order chi connectivity index (χ1) is 10.3. The van der Waals surface area contributed by atoms with Gasteiger partial charge in [0.15, 0.2) is 4.90 Å². The quantitative estimate of drug-likeness (QED) is 0.477.